The van der Waals surface area contributed by atoms with E-state index in [1.807, 2.05) is 105 Å². The number of benzene rings is 3. The summed E-state index contributed by atoms with van der Waals surface area (Å²) in [5.41, 5.74) is 9.56. The minimum absolute atomic E-state index is 0.0226. The van der Waals surface area contributed by atoms with Crippen LogP contribution in [0.4, 0.5) is 11.6 Å². The van der Waals surface area contributed by atoms with Gasteiger partial charge < -0.3 is 10.6 Å². The molecule has 0 fully saturated rings. The zero-order chi connectivity index (χ0) is 33.3. The van der Waals surface area contributed by atoms with Crippen molar-refractivity contribution in [2.24, 2.45) is 5.14 Å². The van der Waals surface area contributed by atoms with Crippen molar-refractivity contribution in [2.75, 3.05) is 24.7 Å². The summed E-state index contributed by atoms with van der Waals surface area (Å²) in [4.78, 5) is 8.64. The van der Waals surface area contributed by atoms with Gasteiger partial charge in [-0.2, -0.15) is 10.2 Å². The zero-order valence-electron chi connectivity index (χ0n) is 26.1. The number of H-pyrrole nitrogens is 2. The topological polar surface area (TPSA) is 167 Å². The summed E-state index contributed by atoms with van der Waals surface area (Å²) < 4.78 is 26.1. The van der Waals surface area contributed by atoms with Crippen LogP contribution in [0.15, 0.2) is 121 Å². The number of anilines is 2. The number of rotatable bonds is 9. The van der Waals surface area contributed by atoms with E-state index in [0.717, 1.165) is 62.0 Å². The SMILES string of the molecule is CNc1cc(-c2c[nH]nc2-c2cccc(-c3ccc(-c4cccc(-c5n[nH]cc5-c5ccnc(NC)c5)c4)c(S(N)(=O)=O)c3)c2)ccn1. The lowest BCUT2D eigenvalue weighted by molar-refractivity contribution is 0.598. The first-order valence-corrected chi connectivity index (χ1v) is 16.6. The van der Waals surface area contributed by atoms with Crippen molar-refractivity contribution in [3.05, 3.63) is 116 Å². The maximum atomic E-state index is 13.1. The maximum Gasteiger partial charge on any atom is 0.238 e. The second-order valence-electron chi connectivity index (χ2n) is 11.1. The highest BCUT2D eigenvalue weighted by Gasteiger charge is 2.19. The Kier molecular flexibility index (Phi) is 8.01. The molecular weight excluding hydrogens is 623 g/mol. The fourth-order valence-corrected chi connectivity index (χ4v) is 6.57. The third-order valence-electron chi connectivity index (χ3n) is 8.14. The van der Waals surface area contributed by atoms with Gasteiger partial charge in [-0.3, -0.25) is 10.2 Å². The van der Waals surface area contributed by atoms with E-state index in [0.29, 0.717) is 16.7 Å². The van der Waals surface area contributed by atoms with Crippen LogP contribution in [-0.2, 0) is 10.0 Å². The lowest BCUT2D eigenvalue weighted by Crippen LogP contribution is -2.13. The smallest absolute Gasteiger partial charge is 0.238 e. The van der Waals surface area contributed by atoms with Crippen molar-refractivity contribution in [3.63, 3.8) is 0 Å². The number of hydrogen-bond acceptors (Lipinski definition) is 8. The summed E-state index contributed by atoms with van der Waals surface area (Å²) in [6.45, 7) is 0. The monoisotopic (exact) mass is 653 g/mol. The van der Waals surface area contributed by atoms with E-state index in [4.69, 9.17) is 5.14 Å². The minimum atomic E-state index is -4.11. The van der Waals surface area contributed by atoms with Gasteiger partial charge in [0.05, 0.1) is 16.3 Å². The number of hydrogen-bond donors (Lipinski definition) is 5. The second-order valence-corrected chi connectivity index (χ2v) is 12.6. The van der Waals surface area contributed by atoms with Gasteiger partial charge in [-0.25, -0.2) is 23.5 Å². The molecule has 238 valence electrons. The molecule has 7 aromatic rings. The van der Waals surface area contributed by atoms with Crippen LogP contribution in [0, 0.1) is 0 Å². The normalized spacial score (nSPS) is 11.4. The van der Waals surface area contributed by atoms with E-state index < -0.39 is 10.0 Å². The number of primary sulfonamides is 1. The number of nitrogens with one attached hydrogen (secondary N) is 4. The minimum Gasteiger partial charge on any atom is -0.373 e. The molecule has 3 aromatic carbocycles. The van der Waals surface area contributed by atoms with E-state index in [-0.39, 0.29) is 4.90 Å². The van der Waals surface area contributed by atoms with Crippen molar-refractivity contribution in [1.29, 1.82) is 0 Å². The molecule has 7 rings (SSSR count). The second kappa shape index (κ2) is 12.6. The molecule has 0 amide bonds. The highest BCUT2D eigenvalue weighted by Crippen LogP contribution is 2.37. The molecule has 0 aliphatic rings. The number of pyridine rings is 2. The zero-order valence-corrected chi connectivity index (χ0v) is 26.9. The van der Waals surface area contributed by atoms with Crippen LogP contribution in [0.2, 0.25) is 0 Å². The Morgan fingerprint density at radius 3 is 1.58 bits per heavy atom. The first-order valence-electron chi connectivity index (χ1n) is 15.1. The quantitative estimate of drug-likeness (QED) is 0.115. The third-order valence-corrected chi connectivity index (χ3v) is 9.09. The Balaban J connectivity index is 1.26. The third kappa shape index (κ3) is 5.93. The Labute approximate surface area is 277 Å². The van der Waals surface area contributed by atoms with Crippen LogP contribution in [0.5, 0.6) is 0 Å². The summed E-state index contributed by atoms with van der Waals surface area (Å²) in [6, 6.07) is 28.5. The van der Waals surface area contributed by atoms with Gasteiger partial charge in [0.15, 0.2) is 0 Å². The van der Waals surface area contributed by atoms with E-state index >= 15 is 0 Å². The molecule has 0 unspecified atom stereocenters. The maximum absolute atomic E-state index is 13.1. The Morgan fingerprint density at radius 1 is 0.562 bits per heavy atom. The molecule has 4 aromatic heterocycles. The van der Waals surface area contributed by atoms with Gasteiger partial charge in [-0.1, -0.05) is 48.5 Å². The fourth-order valence-electron chi connectivity index (χ4n) is 5.79. The molecule has 12 heteroatoms. The van der Waals surface area contributed by atoms with Gasteiger partial charge in [0.1, 0.15) is 11.6 Å². The van der Waals surface area contributed by atoms with Gasteiger partial charge in [-0.05, 0) is 70.3 Å². The molecule has 48 heavy (non-hydrogen) atoms. The van der Waals surface area contributed by atoms with Crippen molar-refractivity contribution >= 4 is 21.7 Å². The number of sulfonamides is 1. The van der Waals surface area contributed by atoms with E-state index in [1.54, 1.807) is 24.5 Å². The van der Waals surface area contributed by atoms with Crippen LogP contribution in [0.3, 0.4) is 0 Å². The summed E-state index contributed by atoms with van der Waals surface area (Å²) >= 11 is 0. The largest absolute Gasteiger partial charge is 0.373 e. The van der Waals surface area contributed by atoms with E-state index in [2.05, 4.69) is 41.0 Å². The predicted molar refractivity (Wildman–Crippen MR) is 189 cm³/mol. The van der Waals surface area contributed by atoms with Gasteiger partial charge >= 0.3 is 0 Å². The van der Waals surface area contributed by atoms with E-state index in [1.165, 1.54) is 0 Å². The van der Waals surface area contributed by atoms with Crippen LogP contribution in [0.25, 0.3) is 67.0 Å². The van der Waals surface area contributed by atoms with Gasteiger partial charge in [0.2, 0.25) is 10.0 Å². The van der Waals surface area contributed by atoms with Crippen molar-refractivity contribution < 1.29 is 8.42 Å². The molecule has 6 N–H and O–H groups in total. The molecule has 0 saturated carbocycles. The van der Waals surface area contributed by atoms with Gasteiger partial charge in [-0.15, -0.1) is 0 Å². The Hall–Kier alpha value is -6.11. The number of aromatic amines is 2. The first-order chi connectivity index (χ1) is 23.3. The molecule has 0 radical (unpaired) electrons. The van der Waals surface area contributed by atoms with Crippen molar-refractivity contribution in [2.45, 2.75) is 4.90 Å². The highest BCUT2D eigenvalue weighted by atomic mass is 32.2. The number of nitrogens with zero attached hydrogens (tertiary/aromatic N) is 4. The standard InChI is InChI=1S/C36H31N9O2S/c1-38-33-18-25(11-13-40-33)30-20-42-44-35(30)27-7-3-5-22(15-27)23-9-10-29(32(17-23)48(37,46)47)24-6-4-8-28(16-24)36-31(21-43-45-36)26-12-14-41-34(19-26)39-2/h3-21H,1-2H3,(H,38,40)(H,39,41)(H,42,44)(H,43,45)(H2,37,46,47). The van der Waals surface area contributed by atoms with Crippen LogP contribution in [0.1, 0.15) is 0 Å². The predicted octanol–water partition coefficient (Wildman–Crippen LogP) is 6.66. The van der Waals surface area contributed by atoms with Crippen LogP contribution < -0.4 is 15.8 Å². The van der Waals surface area contributed by atoms with Gasteiger partial charge in [0.25, 0.3) is 0 Å². The molecule has 11 nitrogen and oxygen atoms in total. The van der Waals surface area contributed by atoms with Crippen molar-refractivity contribution in [1.82, 2.24) is 30.4 Å². The van der Waals surface area contributed by atoms with Crippen LogP contribution in [-0.4, -0.2) is 52.9 Å². The Morgan fingerprint density at radius 2 is 1.04 bits per heavy atom. The summed E-state index contributed by atoms with van der Waals surface area (Å²) in [7, 11) is -0.468. The van der Waals surface area contributed by atoms with Crippen LogP contribution >= 0.6 is 0 Å². The molecule has 0 bridgehead atoms. The molecule has 4 heterocycles. The number of aromatic nitrogens is 6. The average molecular weight is 654 g/mol. The molecule has 0 spiro atoms. The summed E-state index contributed by atoms with van der Waals surface area (Å²) in [6.07, 6.45) is 7.16. The van der Waals surface area contributed by atoms with Gasteiger partial charge in [0, 0.05) is 66.7 Å². The van der Waals surface area contributed by atoms with E-state index in [9.17, 15) is 8.42 Å². The highest BCUT2D eigenvalue weighted by molar-refractivity contribution is 7.89. The molecule has 0 aliphatic carbocycles. The molecule has 0 aliphatic heterocycles. The Bertz CT molecular complexity index is 2380. The molecule has 0 saturated heterocycles. The lowest BCUT2D eigenvalue weighted by Gasteiger charge is -2.13. The fraction of sp³-hybridized carbons (Fsp3) is 0.0556. The van der Waals surface area contributed by atoms with Crippen molar-refractivity contribution in [3.8, 4) is 67.0 Å². The molecule has 0 atom stereocenters. The average Bonchev–Trinajstić information content (AvgIpc) is 3.82. The summed E-state index contributed by atoms with van der Waals surface area (Å²) in [5.74, 6) is 1.48. The lowest BCUT2D eigenvalue weighted by atomic mass is 9.95. The summed E-state index contributed by atoms with van der Waals surface area (Å²) in [5, 5.41) is 27.0. The molecular formula is C36H31N9O2S. The first kappa shape index (κ1) is 30.5. The number of nitrogens with two attached hydrogens (primary N) is 1.